The van der Waals surface area contributed by atoms with Crippen LogP contribution in [0, 0.1) is 10.1 Å². The number of hydrogen-bond donors (Lipinski definition) is 0. The highest BCUT2D eigenvalue weighted by molar-refractivity contribution is 5.89. The Hall–Kier alpha value is -2.71. The van der Waals surface area contributed by atoms with Crippen LogP contribution < -0.4 is 4.90 Å². The van der Waals surface area contributed by atoms with Gasteiger partial charge >= 0.3 is 11.7 Å². The number of likely N-dealkylation sites (N-methyl/N-ethyl adjacent to an activating group) is 1. The minimum absolute atomic E-state index is 0.00403. The van der Waals surface area contributed by atoms with Gasteiger partial charge in [-0.2, -0.15) is 0 Å². The van der Waals surface area contributed by atoms with E-state index in [1.165, 1.54) is 29.0 Å². The molecule has 1 aromatic heterocycles. The molecule has 21 heavy (non-hydrogen) atoms. The molecule has 0 aromatic carbocycles. The fraction of sp³-hybridized carbons (Fsp3) is 0.417. The molecule has 1 fully saturated rings. The highest BCUT2D eigenvalue weighted by Crippen LogP contribution is 2.27. The van der Waals surface area contributed by atoms with E-state index in [-0.39, 0.29) is 29.7 Å². The molecule has 0 radical (unpaired) electrons. The Morgan fingerprint density at radius 3 is 2.71 bits per heavy atom. The molecule has 0 N–H and O–H groups in total. The lowest BCUT2D eigenvalue weighted by Gasteiger charge is -2.32. The van der Waals surface area contributed by atoms with Gasteiger partial charge in [-0.3, -0.25) is 14.9 Å². The predicted octanol–water partition coefficient (Wildman–Crippen LogP) is 0.0548. The number of amides is 1. The minimum atomic E-state index is -0.688. The van der Waals surface area contributed by atoms with Gasteiger partial charge in [0.05, 0.1) is 18.6 Å². The maximum atomic E-state index is 11.7. The molecule has 2 heterocycles. The lowest BCUT2D eigenvalue weighted by atomic mass is 10.2. The third-order valence-electron chi connectivity index (χ3n) is 3.20. The Bertz CT molecular complexity index is 603. The fourth-order valence-corrected chi connectivity index (χ4v) is 1.97. The summed E-state index contributed by atoms with van der Waals surface area (Å²) in [6, 6.07) is 2.42. The molecule has 9 heteroatoms. The maximum absolute atomic E-state index is 11.7. The van der Waals surface area contributed by atoms with E-state index in [1.807, 2.05) is 0 Å². The lowest BCUT2D eigenvalue weighted by Crippen LogP contribution is -2.49. The molecule has 1 aliphatic heterocycles. The first-order chi connectivity index (χ1) is 9.93. The van der Waals surface area contributed by atoms with Crippen LogP contribution in [0.25, 0.3) is 0 Å². The number of piperazine rings is 1. The Balaban J connectivity index is 2.41. The molecule has 2 rings (SSSR count). The number of pyridine rings is 1. The second kappa shape index (κ2) is 5.73. The Morgan fingerprint density at radius 1 is 1.43 bits per heavy atom. The number of ether oxygens (including phenoxy) is 1. The van der Waals surface area contributed by atoms with E-state index in [9.17, 15) is 19.7 Å². The number of carbonyl (C=O) groups excluding carboxylic acids is 2. The summed E-state index contributed by atoms with van der Waals surface area (Å²) in [5.41, 5.74) is -0.288. The largest absolute Gasteiger partial charge is 0.464 e. The molecule has 0 unspecified atom stereocenters. The van der Waals surface area contributed by atoms with Crippen LogP contribution in [0.5, 0.6) is 0 Å². The van der Waals surface area contributed by atoms with Crippen molar-refractivity contribution in [1.82, 2.24) is 9.88 Å². The Labute approximate surface area is 120 Å². The van der Waals surface area contributed by atoms with Gasteiger partial charge in [-0.1, -0.05) is 0 Å². The van der Waals surface area contributed by atoms with Gasteiger partial charge < -0.3 is 14.5 Å². The average molecular weight is 294 g/mol. The van der Waals surface area contributed by atoms with Crippen LogP contribution >= 0.6 is 0 Å². The zero-order valence-electron chi connectivity index (χ0n) is 11.6. The Morgan fingerprint density at radius 2 is 2.14 bits per heavy atom. The van der Waals surface area contributed by atoms with Crippen LogP contribution in [0.4, 0.5) is 11.5 Å². The predicted molar refractivity (Wildman–Crippen MR) is 72.1 cm³/mol. The zero-order chi connectivity index (χ0) is 15.6. The minimum Gasteiger partial charge on any atom is -0.464 e. The SMILES string of the molecule is COC(=O)c1ccc([N+](=O)[O-])c(N2CCN(C)C(=O)C2)n1. The molecule has 1 aromatic rings. The number of hydrogen-bond acceptors (Lipinski definition) is 7. The highest BCUT2D eigenvalue weighted by atomic mass is 16.6. The lowest BCUT2D eigenvalue weighted by molar-refractivity contribution is -0.384. The van der Waals surface area contributed by atoms with Gasteiger partial charge in [-0.05, 0) is 6.07 Å². The first-order valence-corrected chi connectivity index (χ1v) is 6.16. The van der Waals surface area contributed by atoms with Crippen molar-refractivity contribution in [3.05, 3.63) is 27.9 Å². The summed E-state index contributed by atoms with van der Waals surface area (Å²) in [4.78, 5) is 40.7. The molecular formula is C12H14N4O5. The smallest absolute Gasteiger partial charge is 0.356 e. The van der Waals surface area contributed by atoms with Gasteiger partial charge in [-0.15, -0.1) is 0 Å². The van der Waals surface area contributed by atoms with Gasteiger partial charge in [0.1, 0.15) is 0 Å². The topological polar surface area (TPSA) is 106 Å². The van der Waals surface area contributed by atoms with Gasteiger partial charge in [-0.25, -0.2) is 9.78 Å². The van der Waals surface area contributed by atoms with E-state index in [0.717, 1.165) is 0 Å². The van der Waals surface area contributed by atoms with Crippen LogP contribution in [-0.4, -0.2) is 60.5 Å². The maximum Gasteiger partial charge on any atom is 0.356 e. The number of anilines is 1. The second-order valence-electron chi connectivity index (χ2n) is 4.52. The molecule has 0 saturated carbocycles. The number of rotatable bonds is 3. The van der Waals surface area contributed by atoms with E-state index in [0.29, 0.717) is 13.1 Å². The van der Waals surface area contributed by atoms with E-state index in [1.54, 1.807) is 7.05 Å². The van der Waals surface area contributed by atoms with Gasteiger partial charge in [0, 0.05) is 26.2 Å². The number of nitrogens with zero attached hydrogens (tertiary/aromatic N) is 4. The van der Waals surface area contributed by atoms with Crippen LogP contribution in [0.1, 0.15) is 10.5 Å². The summed E-state index contributed by atoms with van der Waals surface area (Å²) >= 11 is 0. The van der Waals surface area contributed by atoms with Crippen molar-refractivity contribution >= 4 is 23.4 Å². The molecule has 1 amide bonds. The molecular weight excluding hydrogens is 280 g/mol. The summed E-state index contributed by atoms with van der Waals surface area (Å²) in [6.07, 6.45) is 0. The van der Waals surface area contributed by atoms with Crippen molar-refractivity contribution in [3.8, 4) is 0 Å². The van der Waals surface area contributed by atoms with Gasteiger partial charge in [0.25, 0.3) is 0 Å². The van der Waals surface area contributed by atoms with Crippen molar-refractivity contribution < 1.29 is 19.2 Å². The summed E-state index contributed by atoms with van der Waals surface area (Å²) in [7, 11) is 2.86. The van der Waals surface area contributed by atoms with Crippen molar-refractivity contribution in [1.29, 1.82) is 0 Å². The second-order valence-corrected chi connectivity index (χ2v) is 4.52. The average Bonchev–Trinajstić information content (AvgIpc) is 2.48. The first kappa shape index (κ1) is 14.7. The van der Waals surface area contributed by atoms with Crippen molar-refractivity contribution in [2.45, 2.75) is 0 Å². The van der Waals surface area contributed by atoms with Gasteiger partial charge in [0.15, 0.2) is 5.69 Å². The molecule has 1 aliphatic rings. The molecule has 9 nitrogen and oxygen atoms in total. The van der Waals surface area contributed by atoms with Gasteiger partial charge in [0.2, 0.25) is 11.7 Å². The van der Waals surface area contributed by atoms with Crippen LogP contribution in [0.3, 0.4) is 0 Å². The van der Waals surface area contributed by atoms with Crippen molar-refractivity contribution in [3.63, 3.8) is 0 Å². The molecule has 0 aliphatic carbocycles. The summed E-state index contributed by atoms with van der Waals surface area (Å²) in [6.45, 7) is 0.815. The molecule has 0 spiro atoms. The van der Waals surface area contributed by atoms with E-state index in [2.05, 4.69) is 9.72 Å². The van der Waals surface area contributed by atoms with E-state index >= 15 is 0 Å². The van der Waals surface area contributed by atoms with Crippen molar-refractivity contribution in [2.75, 3.05) is 38.7 Å². The number of esters is 1. The molecule has 112 valence electrons. The molecule has 0 bridgehead atoms. The van der Waals surface area contributed by atoms with Crippen LogP contribution in [-0.2, 0) is 9.53 Å². The standard InChI is InChI=1S/C12H14N4O5/c1-14-5-6-15(7-10(14)17)11-9(16(19)20)4-3-8(13-11)12(18)21-2/h3-4H,5-7H2,1-2H3. The summed E-state index contributed by atoms with van der Waals surface area (Å²) in [5.74, 6) is -0.850. The Kier molecular flexibility index (Phi) is 4.01. The van der Waals surface area contributed by atoms with Crippen LogP contribution in [0.2, 0.25) is 0 Å². The third kappa shape index (κ3) is 2.91. The summed E-state index contributed by atoms with van der Waals surface area (Å²) < 4.78 is 4.55. The number of aromatic nitrogens is 1. The number of carbonyl (C=O) groups is 2. The third-order valence-corrected chi connectivity index (χ3v) is 3.20. The molecule has 1 saturated heterocycles. The normalized spacial score (nSPS) is 15.0. The zero-order valence-corrected chi connectivity index (χ0v) is 11.6. The summed E-state index contributed by atoms with van der Waals surface area (Å²) in [5, 5.41) is 11.1. The van der Waals surface area contributed by atoms with Crippen LogP contribution in [0.15, 0.2) is 12.1 Å². The van der Waals surface area contributed by atoms with E-state index in [4.69, 9.17) is 0 Å². The highest BCUT2D eigenvalue weighted by Gasteiger charge is 2.29. The fourth-order valence-electron chi connectivity index (χ4n) is 1.97. The number of methoxy groups -OCH3 is 1. The first-order valence-electron chi connectivity index (χ1n) is 6.16. The quantitative estimate of drug-likeness (QED) is 0.440. The van der Waals surface area contributed by atoms with E-state index < -0.39 is 10.9 Å². The number of nitro groups is 1. The van der Waals surface area contributed by atoms with Crippen molar-refractivity contribution in [2.24, 2.45) is 0 Å². The monoisotopic (exact) mass is 294 g/mol. The molecule has 0 atom stereocenters.